The van der Waals surface area contributed by atoms with E-state index in [1.807, 2.05) is 16.8 Å². The zero-order valence-corrected chi connectivity index (χ0v) is 5.59. The molecule has 0 saturated heterocycles. The van der Waals surface area contributed by atoms with Crippen molar-refractivity contribution in [2.45, 2.75) is 0 Å². The van der Waals surface area contributed by atoms with E-state index in [0.717, 1.165) is 5.56 Å². The molecule has 0 bridgehead atoms. The van der Waals surface area contributed by atoms with Gasteiger partial charge in [0.2, 0.25) is 0 Å². The molecular weight excluding hydrogens is 142 g/mol. The summed E-state index contributed by atoms with van der Waals surface area (Å²) in [7, 11) is 0. The highest BCUT2D eigenvalue weighted by Crippen LogP contribution is 2.07. The molecule has 0 aliphatic rings. The van der Waals surface area contributed by atoms with Gasteiger partial charge >= 0.3 is 0 Å². The van der Waals surface area contributed by atoms with Crippen LogP contribution >= 0.6 is 22.9 Å². The normalized spacial score (nSPS) is 9.12. The predicted octanol–water partition coefficient (Wildman–Crippen LogP) is 2.31. The Bertz CT molecular complexity index is 180. The van der Waals surface area contributed by atoms with Crippen LogP contribution in [-0.2, 0) is 0 Å². The van der Waals surface area contributed by atoms with E-state index in [9.17, 15) is 0 Å². The van der Waals surface area contributed by atoms with Gasteiger partial charge in [-0.3, -0.25) is 5.41 Å². The maximum atomic E-state index is 6.92. The van der Waals surface area contributed by atoms with Crippen LogP contribution in [-0.4, -0.2) is 5.17 Å². The van der Waals surface area contributed by atoms with Crippen molar-refractivity contribution in [3.8, 4) is 0 Å². The zero-order valence-electron chi connectivity index (χ0n) is 4.02. The van der Waals surface area contributed by atoms with Gasteiger partial charge in [-0.25, -0.2) is 0 Å². The molecular formula is C5H4ClNS. The summed E-state index contributed by atoms with van der Waals surface area (Å²) in [5.41, 5.74) is 0.802. The Morgan fingerprint density at radius 2 is 2.50 bits per heavy atom. The summed E-state index contributed by atoms with van der Waals surface area (Å²) in [5, 5.41) is 10.8. The Hall–Kier alpha value is -0.340. The lowest BCUT2D eigenvalue weighted by molar-refractivity contribution is 1.54. The number of halogens is 1. The van der Waals surface area contributed by atoms with E-state index in [2.05, 4.69) is 0 Å². The van der Waals surface area contributed by atoms with Crippen LogP contribution in [0.3, 0.4) is 0 Å². The minimum Gasteiger partial charge on any atom is -0.289 e. The Kier molecular flexibility index (Phi) is 1.65. The smallest absolute Gasteiger partial charge is 0.128 e. The molecule has 0 aliphatic heterocycles. The SMILES string of the molecule is N=C(Cl)c1ccsc1. The van der Waals surface area contributed by atoms with Gasteiger partial charge in [0.1, 0.15) is 5.17 Å². The van der Waals surface area contributed by atoms with Crippen molar-refractivity contribution in [1.29, 1.82) is 5.41 Å². The summed E-state index contributed by atoms with van der Waals surface area (Å²) in [6.07, 6.45) is 0. The lowest BCUT2D eigenvalue weighted by Gasteiger charge is -1.81. The van der Waals surface area contributed by atoms with Gasteiger partial charge in [-0.2, -0.15) is 11.3 Å². The van der Waals surface area contributed by atoms with E-state index in [-0.39, 0.29) is 5.17 Å². The highest BCUT2D eigenvalue weighted by atomic mass is 35.5. The molecule has 0 spiro atoms. The molecule has 1 N–H and O–H groups in total. The molecule has 0 atom stereocenters. The van der Waals surface area contributed by atoms with Crippen LogP contribution in [0.4, 0.5) is 0 Å². The molecule has 0 aromatic carbocycles. The topological polar surface area (TPSA) is 23.9 Å². The van der Waals surface area contributed by atoms with Crippen LogP contribution in [0, 0.1) is 5.41 Å². The van der Waals surface area contributed by atoms with E-state index < -0.39 is 0 Å². The van der Waals surface area contributed by atoms with E-state index >= 15 is 0 Å². The summed E-state index contributed by atoms with van der Waals surface area (Å²) >= 11 is 6.88. The monoisotopic (exact) mass is 145 g/mol. The number of nitrogens with one attached hydrogen (secondary N) is 1. The first-order valence-corrected chi connectivity index (χ1v) is 3.39. The Morgan fingerprint density at radius 1 is 1.75 bits per heavy atom. The van der Waals surface area contributed by atoms with Crippen molar-refractivity contribution in [2.75, 3.05) is 0 Å². The maximum absolute atomic E-state index is 6.92. The molecule has 0 saturated carbocycles. The van der Waals surface area contributed by atoms with Crippen molar-refractivity contribution in [3.05, 3.63) is 22.4 Å². The second kappa shape index (κ2) is 2.29. The average Bonchev–Trinajstić information content (AvgIpc) is 2.12. The first-order valence-electron chi connectivity index (χ1n) is 2.07. The molecule has 42 valence electrons. The van der Waals surface area contributed by atoms with Crippen molar-refractivity contribution in [3.63, 3.8) is 0 Å². The predicted molar refractivity (Wildman–Crippen MR) is 37.0 cm³/mol. The van der Waals surface area contributed by atoms with Gasteiger partial charge < -0.3 is 0 Å². The molecule has 0 fully saturated rings. The van der Waals surface area contributed by atoms with Gasteiger partial charge in [0.05, 0.1) is 0 Å². The fraction of sp³-hybridized carbons (Fsp3) is 0. The third-order valence-corrected chi connectivity index (χ3v) is 1.68. The summed E-state index contributed by atoms with van der Waals surface area (Å²) in [4.78, 5) is 0. The van der Waals surface area contributed by atoms with Crippen LogP contribution in [0.2, 0.25) is 0 Å². The lowest BCUT2D eigenvalue weighted by atomic mass is 10.4. The lowest BCUT2D eigenvalue weighted by Crippen LogP contribution is -1.80. The molecule has 1 aromatic rings. The molecule has 1 aromatic heterocycles. The standard InChI is InChI=1S/C5H4ClNS/c6-5(7)4-1-2-8-3-4/h1-3,7H. The van der Waals surface area contributed by atoms with Gasteiger partial charge in [-0.1, -0.05) is 11.6 Å². The van der Waals surface area contributed by atoms with Gasteiger partial charge in [0, 0.05) is 10.9 Å². The molecule has 1 rings (SSSR count). The van der Waals surface area contributed by atoms with E-state index in [4.69, 9.17) is 17.0 Å². The van der Waals surface area contributed by atoms with Gasteiger partial charge in [0.25, 0.3) is 0 Å². The molecule has 0 unspecified atom stereocenters. The molecule has 8 heavy (non-hydrogen) atoms. The van der Waals surface area contributed by atoms with E-state index in [1.165, 1.54) is 0 Å². The largest absolute Gasteiger partial charge is 0.289 e. The van der Waals surface area contributed by atoms with Crippen molar-refractivity contribution >= 4 is 28.1 Å². The Balaban J connectivity index is 2.93. The van der Waals surface area contributed by atoms with Crippen LogP contribution in [0.25, 0.3) is 0 Å². The Labute approximate surface area is 56.4 Å². The molecule has 0 amide bonds. The number of thiophene rings is 1. The Morgan fingerprint density at radius 3 is 2.75 bits per heavy atom. The second-order valence-corrected chi connectivity index (χ2v) is 2.48. The first-order chi connectivity index (χ1) is 3.80. The van der Waals surface area contributed by atoms with Crippen molar-refractivity contribution in [2.24, 2.45) is 0 Å². The molecule has 1 nitrogen and oxygen atoms in total. The van der Waals surface area contributed by atoms with Crippen LogP contribution in [0.1, 0.15) is 5.56 Å². The fourth-order valence-electron chi connectivity index (χ4n) is 0.389. The van der Waals surface area contributed by atoms with E-state index in [1.54, 1.807) is 11.3 Å². The number of rotatable bonds is 1. The zero-order chi connectivity index (χ0) is 5.98. The van der Waals surface area contributed by atoms with Gasteiger partial charge in [0.15, 0.2) is 0 Å². The third-order valence-electron chi connectivity index (χ3n) is 0.775. The van der Waals surface area contributed by atoms with Crippen LogP contribution < -0.4 is 0 Å². The van der Waals surface area contributed by atoms with Gasteiger partial charge in [-0.05, 0) is 11.4 Å². The summed E-state index contributed by atoms with van der Waals surface area (Å²) in [6, 6.07) is 1.82. The molecule has 0 aliphatic carbocycles. The highest BCUT2D eigenvalue weighted by molar-refractivity contribution is 7.08. The van der Waals surface area contributed by atoms with Crippen molar-refractivity contribution < 1.29 is 0 Å². The van der Waals surface area contributed by atoms with Crippen LogP contribution in [0.5, 0.6) is 0 Å². The molecule has 0 radical (unpaired) electrons. The molecule has 1 heterocycles. The minimum absolute atomic E-state index is 0.117. The first kappa shape index (κ1) is 5.79. The van der Waals surface area contributed by atoms with Crippen LogP contribution in [0.15, 0.2) is 16.8 Å². The van der Waals surface area contributed by atoms with E-state index in [0.29, 0.717) is 0 Å². The second-order valence-electron chi connectivity index (χ2n) is 1.33. The average molecular weight is 146 g/mol. The van der Waals surface area contributed by atoms with Crippen molar-refractivity contribution in [1.82, 2.24) is 0 Å². The molecule has 3 heteroatoms. The summed E-state index contributed by atoms with van der Waals surface area (Å²) in [5.74, 6) is 0. The number of hydrogen-bond donors (Lipinski definition) is 1. The quantitative estimate of drug-likeness (QED) is 0.587. The number of hydrogen-bond acceptors (Lipinski definition) is 2. The highest BCUT2D eigenvalue weighted by Gasteiger charge is 1.93. The maximum Gasteiger partial charge on any atom is 0.128 e. The fourth-order valence-corrected chi connectivity index (χ4v) is 1.22. The summed E-state index contributed by atoms with van der Waals surface area (Å²) < 4.78 is 0. The third kappa shape index (κ3) is 1.08. The summed E-state index contributed by atoms with van der Waals surface area (Å²) in [6.45, 7) is 0. The van der Waals surface area contributed by atoms with Gasteiger partial charge in [-0.15, -0.1) is 0 Å². The minimum atomic E-state index is 0.117.